The van der Waals surface area contributed by atoms with Gasteiger partial charge < -0.3 is 5.32 Å². The van der Waals surface area contributed by atoms with Gasteiger partial charge in [-0.3, -0.25) is 4.79 Å². The molecule has 0 unspecified atom stereocenters. The van der Waals surface area contributed by atoms with E-state index in [1.165, 1.54) is 11.3 Å². The average Bonchev–Trinajstić information content (AvgIpc) is 2.48. The molecular formula is C8H11ClN2OS. The van der Waals surface area contributed by atoms with Gasteiger partial charge in [0.1, 0.15) is 0 Å². The molecule has 0 aliphatic heterocycles. The number of hydrogen-bond acceptors (Lipinski definition) is 3. The van der Waals surface area contributed by atoms with Crippen LogP contribution in [0.5, 0.6) is 0 Å². The van der Waals surface area contributed by atoms with Crippen LogP contribution < -0.4 is 5.32 Å². The number of aromatic nitrogens is 1. The van der Waals surface area contributed by atoms with Crippen molar-refractivity contribution in [2.24, 2.45) is 0 Å². The van der Waals surface area contributed by atoms with Gasteiger partial charge in [-0.05, 0) is 13.3 Å². The highest BCUT2D eigenvalue weighted by atomic mass is 35.5. The van der Waals surface area contributed by atoms with Crippen molar-refractivity contribution in [2.75, 3.05) is 11.2 Å². The van der Waals surface area contributed by atoms with Crippen LogP contribution in [0, 0.1) is 6.92 Å². The number of carbonyl (C=O) groups is 1. The molecule has 0 fully saturated rings. The second-order valence-electron chi connectivity index (χ2n) is 2.63. The summed E-state index contributed by atoms with van der Waals surface area (Å²) in [5, 5.41) is 5.27. The predicted molar refractivity (Wildman–Crippen MR) is 55.4 cm³/mol. The topological polar surface area (TPSA) is 42.0 Å². The molecule has 1 aromatic heterocycles. The zero-order valence-corrected chi connectivity index (χ0v) is 8.91. The number of nitrogens with one attached hydrogen (secondary N) is 1. The number of aryl methyl sites for hydroxylation is 1. The number of anilines is 1. The standard InChI is InChI=1S/C8H11ClN2OS/c1-6-5-13-8(10-6)11-7(12)3-2-4-9/h5H,2-4H2,1H3,(H,10,11,12). The molecule has 0 aromatic carbocycles. The van der Waals surface area contributed by atoms with Crippen molar-refractivity contribution in [3.63, 3.8) is 0 Å². The van der Waals surface area contributed by atoms with E-state index in [0.29, 0.717) is 23.9 Å². The van der Waals surface area contributed by atoms with E-state index < -0.39 is 0 Å². The summed E-state index contributed by atoms with van der Waals surface area (Å²) in [6, 6.07) is 0. The van der Waals surface area contributed by atoms with Crippen molar-refractivity contribution in [1.82, 2.24) is 4.98 Å². The van der Waals surface area contributed by atoms with Gasteiger partial charge in [-0.25, -0.2) is 4.98 Å². The van der Waals surface area contributed by atoms with Crippen LogP contribution in [0.2, 0.25) is 0 Å². The number of hydrogen-bond donors (Lipinski definition) is 1. The molecule has 3 nitrogen and oxygen atoms in total. The van der Waals surface area contributed by atoms with Gasteiger partial charge in [0, 0.05) is 17.7 Å². The lowest BCUT2D eigenvalue weighted by Gasteiger charge is -1.98. The minimum atomic E-state index is -0.0185. The summed E-state index contributed by atoms with van der Waals surface area (Å²) in [4.78, 5) is 15.3. The number of rotatable bonds is 4. The highest BCUT2D eigenvalue weighted by Gasteiger charge is 2.03. The van der Waals surface area contributed by atoms with Crippen molar-refractivity contribution in [3.8, 4) is 0 Å². The first-order valence-electron chi connectivity index (χ1n) is 4.00. The lowest BCUT2D eigenvalue weighted by atomic mass is 10.3. The normalized spacial score (nSPS) is 10.0. The summed E-state index contributed by atoms with van der Waals surface area (Å²) in [5.41, 5.74) is 0.928. The molecule has 1 N–H and O–H groups in total. The maximum absolute atomic E-state index is 11.2. The van der Waals surface area contributed by atoms with Gasteiger partial charge in [0.25, 0.3) is 0 Å². The number of nitrogens with zero attached hydrogens (tertiary/aromatic N) is 1. The molecule has 0 saturated heterocycles. The van der Waals surface area contributed by atoms with Crippen molar-refractivity contribution in [2.45, 2.75) is 19.8 Å². The van der Waals surface area contributed by atoms with E-state index in [9.17, 15) is 4.79 Å². The minimum Gasteiger partial charge on any atom is -0.302 e. The molecule has 0 atom stereocenters. The maximum Gasteiger partial charge on any atom is 0.226 e. The Morgan fingerprint density at radius 3 is 3.08 bits per heavy atom. The molecule has 1 aromatic rings. The van der Waals surface area contributed by atoms with E-state index in [1.807, 2.05) is 12.3 Å². The van der Waals surface area contributed by atoms with Crippen LogP contribution in [0.25, 0.3) is 0 Å². The number of amides is 1. The van der Waals surface area contributed by atoms with Gasteiger partial charge in [-0.15, -0.1) is 22.9 Å². The largest absolute Gasteiger partial charge is 0.302 e. The maximum atomic E-state index is 11.2. The van der Waals surface area contributed by atoms with Crippen molar-refractivity contribution < 1.29 is 4.79 Å². The number of thiazole rings is 1. The fourth-order valence-electron chi connectivity index (χ4n) is 0.821. The monoisotopic (exact) mass is 218 g/mol. The van der Waals surface area contributed by atoms with Crippen LogP contribution in [0.4, 0.5) is 5.13 Å². The van der Waals surface area contributed by atoms with Gasteiger partial charge in [-0.1, -0.05) is 0 Å². The molecule has 13 heavy (non-hydrogen) atoms. The zero-order chi connectivity index (χ0) is 9.68. The zero-order valence-electron chi connectivity index (χ0n) is 7.34. The van der Waals surface area contributed by atoms with Crippen LogP contribution in [-0.4, -0.2) is 16.8 Å². The molecule has 5 heteroatoms. The molecule has 1 rings (SSSR count). The molecule has 72 valence electrons. The third-order valence-electron chi connectivity index (χ3n) is 1.40. The molecule has 0 aliphatic carbocycles. The van der Waals surface area contributed by atoms with Crippen molar-refractivity contribution in [1.29, 1.82) is 0 Å². The second kappa shape index (κ2) is 5.19. The Hall–Kier alpha value is -0.610. The molecule has 1 heterocycles. The van der Waals surface area contributed by atoms with Gasteiger partial charge >= 0.3 is 0 Å². The van der Waals surface area contributed by atoms with Crippen LogP contribution in [0.3, 0.4) is 0 Å². The van der Waals surface area contributed by atoms with Crippen molar-refractivity contribution >= 4 is 34.0 Å². The second-order valence-corrected chi connectivity index (χ2v) is 3.87. The smallest absolute Gasteiger partial charge is 0.226 e. The van der Waals surface area contributed by atoms with E-state index in [1.54, 1.807) is 0 Å². The van der Waals surface area contributed by atoms with Crippen LogP contribution in [-0.2, 0) is 4.79 Å². The van der Waals surface area contributed by atoms with Gasteiger partial charge in [0.2, 0.25) is 5.91 Å². The van der Waals surface area contributed by atoms with Gasteiger partial charge in [0.05, 0.1) is 5.69 Å². The highest BCUT2D eigenvalue weighted by molar-refractivity contribution is 7.13. The van der Waals surface area contributed by atoms with E-state index in [-0.39, 0.29) is 5.91 Å². The fraction of sp³-hybridized carbons (Fsp3) is 0.500. The quantitative estimate of drug-likeness (QED) is 0.789. The molecular weight excluding hydrogens is 208 g/mol. The lowest BCUT2D eigenvalue weighted by molar-refractivity contribution is -0.116. The highest BCUT2D eigenvalue weighted by Crippen LogP contribution is 2.14. The molecule has 0 spiro atoms. The first-order chi connectivity index (χ1) is 6.22. The van der Waals surface area contributed by atoms with Gasteiger partial charge in [0.15, 0.2) is 5.13 Å². The Balaban J connectivity index is 2.36. The van der Waals surface area contributed by atoms with E-state index in [0.717, 1.165) is 5.69 Å². The summed E-state index contributed by atoms with van der Waals surface area (Å²) in [6.07, 6.45) is 1.17. The van der Waals surface area contributed by atoms with E-state index in [4.69, 9.17) is 11.6 Å². The fourth-order valence-corrected chi connectivity index (χ4v) is 1.66. The first kappa shape index (κ1) is 10.5. The summed E-state index contributed by atoms with van der Waals surface area (Å²) >= 11 is 6.89. The number of alkyl halides is 1. The first-order valence-corrected chi connectivity index (χ1v) is 5.41. The number of halogens is 1. The summed E-state index contributed by atoms with van der Waals surface area (Å²) in [5.74, 6) is 0.500. The summed E-state index contributed by atoms with van der Waals surface area (Å²) < 4.78 is 0. The van der Waals surface area contributed by atoms with Crippen LogP contribution >= 0.6 is 22.9 Å². The van der Waals surface area contributed by atoms with E-state index in [2.05, 4.69) is 10.3 Å². The summed E-state index contributed by atoms with van der Waals surface area (Å²) in [7, 11) is 0. The molecule has 0 radical (unpaired) electrons. The van der Waals surface area contributed by atoms with Crippen molar-refractivity contribution in [3.05, 3.63) is 11.1 Å². The molecule has 0 saturated carbocycles. The number of carbonyl (C=O) groups excluding carboxylic acids is 1. The van der Waals surface area contributed by atoms with Crippen LogP contribution in [0.1, 0.15) is 18.5 Å². The van der Waals surface area contributed by atoms with Gasteiger partial charge in [-0.2, -0.15) is 0 Å². The molecule has 1 amide bonds. The average molecular weight is 219 g/mol. The minimum absolute atomic E-state index is 0.0185. The third kappa shape index (κ3) is 3.74. The predicted octanol–water partition coefficient (Wildman–Crippen LogP) is 2.41. The van der Waals surface area contributed by atoms with Crippen LogP contribution in [0.15, 0.2) is 5.38 Å². The summed E-state index contributed by atoms with van der Waals surface area (Å²) in [6.45, 7) is 1.89. The Morgan fingerprint density at radius 1 is 1.77 bits per heavy atom. The third-order valence-corrected chi connectivity index (χ3v) is 2.55. The Morgan fingerprint density at radius 2 is 2.54 bits per heavy atom. The Bertz CT molecular complexity index is 287. The van der Waals surface area contributed by atoms with E-state index >= 15 is 0 Å². The molecule has 0 bridgehead atoms. The Kier molecular flexibility index (Phi) is 4.18. The molecule has 0 aliphatic rings. The lowest BCUT2D eigenvalue weighted by Crippen LogP contribution is -2.10. The SMILES string of the molecule is Cc1csc(NC(=O)CCCCl)n1. The Labute approximate surface area is 86.1 Å².